The maximum atomic E-state index is 13.1. The van der Waals surface area contributed by atoms with Gasteiger partial charge in [-0.05, 0) is 61.4 Å². The SMILES string of the molecule is C=C/C=C(\C=C/CF)CCCC1CN(c2ccc(F)cc2)C1CC. The first-order chi connectivity index (χ1) is 11.7. The second-order valence-corrected chi connectivity index (χ2v) is 6.29. The number of halogens is 2. The maximum Gasteiger partial charge on any atom is 0.123 e. The Morgan fingerprint density at radius 2 is 2.08 bits per heavy atom. The van der Waals surface area contributed by atoms with Crippen LogP contribution in [0.4, 0.5) is 14.5 Å². The summed E-state index contributed by atoms with van der Waals surface area (Å²) >= 11 is 0. The predicted molar refractivity (Wildman–Crippen MR) is 98.6 cm³/mol. The average Bonchev–Trinajstić information content (AvgIpc) is 2.56. The summed E-state index contributed by atoms with van der Waals surface area (Å²) in [5.41, 5.74) is 2.24. The second kappa shape index (κ2) is 9.41. The molecule has 1 fully saturated rings. The molecule has 0 saturated carbocycles. The molecule has 1 heterocycles. The van der Waals surface area contributed by atoms with E-state index in [1.54, 1.807) is 12.2 Å². The Bertz CT molecular complexity index is 574. The minimum Gasteiger partial charge on any atom is -0.368 e. The maximum absolute atomic E-state index is 13.1. The van der Waals surface area contributed by atoms with Crippen molar-refractivity contribution < 1.29 is 8.78 Å². The molecule has 1 aromatic rings. The zero-order valence-electron chi connectivity index (χ0n) is 14.4. The van der Waals surface area contributed by atoms with Crippen molar-refractivity contribution in [1.82, 2.24) is 0 Å². The van der Waals surface area contributed by atoms with Gasteiger partial charge in [-0.1, -0.05) is 37.8 Å². The smallest absolute Gasteiger partial charge is 0.123 e. The Morgan fingerprint density at radius 3 is 2.71 bits per heavy atom. The highest BCUT2D eigenvalue weighted by Crippen LogP contribution is 2.36. The van der Waals surface area contributed by atoms with E-state index in [2.05, 4.69) is 18.4 Å². The summed E-state index contributed by atoms with van der Waals surface area (Å²) in [5, 5.41) is 0. The monoisotopic (exact) mass is 331 g/mol. The van der Waals surface area contributed by atoms with Crippen LogP contribution in [0.5, 0.6) is 0 Å². The Labute approximate surface area is 144 Å². The van der Waals surface area contributed by atoms with Gasteiger partial charge < -0.3 is 4.90 Å². The Kier molecular flexibility index (Phi) is 7.23. The van der Waals surface area contributed by atoms with Crippen molar-refractivity contribution >= 4 is 5.69 Å². The third kappa shape index (κ3) is 4.80. The third-order valence-electron chi connectivity index (χ3n) is 4.75. The van der Waals surface area contributed by atoms with Crippen molar-refractivity contribution in [3.05, 3.63) is 66.5 Å². The van der Waals surface area contributed by atoms with Gasteiger partial charge in [0.1, 0.15) is 12.5 Å². The normalized spacial score (nSPS) is 21.1. The number of alkyl halides is 1. The van der Waals surface area contributed by atoms with Crippen LogP contribution in [0.2, 0.25) is 0 Å². The second-order valence-electron chi connectivity index (χ2n) is 6.29. The number of benzene rings is 1. The van der Waals surface area contributed by atoms with Gasteiger partial charge in [0, 0.05) is 18.3 Å². The van der Waals surface area contributed by atoms with E-state index in [0.717, 1.165) is 43.5 Å². The number of rotatable bonds is 9. The molecule has 0 radical (unpaired) electrons. The molecule has 2 rings (SSSR count). The van der Waals surface area contributed by atoms with Crippen molar-refractivity contribution in [2.24, 2.45) is 5.92 Å². The molecule has 24 heavy (non-hydrogen) atoms. The summed E-state index contributed by atoms with van der Waals surface area (Å²) < 4.78 is 25.3. The highest BCUT2D eigenvalue weighted by Gasteiger charge is 2.36. The average molecular weight is 331 g/mol. The van der Waals surface area contributed by atoms with Gasteiger partial charge in [-0.3, -0.25) is 0 Å². The van der Waals surface area contributed by atoms with Crippen LogP contribution in [0.15, 0.2) is 60.7 Å². The Balaban J connectivity index is 1.84. The number of anilines is 1. The van der Waals surface area contributed by atoms with Crippen LogP contribution in [-0.2, 0) is 0 Å². The molecule has 2 atom stereocenters. The number of hydrogen-bond acceptors (Lipinski definition) is 1. The summed E-state index contributed by atoms with van der Waals surface area (Å²) in [6.07, 6.45) is 11.4. The molecule has 0 aliphatic carbocycles. The van der Waals surface area contributed by atoms with E-state index in [1.165, 1.54) is 12.1 Å². The minimum absolute atomic E-state index is 0.188. The van der Waals surface area contributed by atoms with Crippen LogP contribution in [0.1, 0.15) is 32.6 Å². The fraction of sp³-hybridized carbons (Fsp3) is 0.429. The lowest BCUT2D eigenvalue weighted by atomic mass is 9.82. The molecule has 0 N–H and O–H groups in total. The van der Waals surface area contributed by atoms with Crippen LogP contribution in [0, 0.1) is 11.7 Å². The molecular formula is C21H27F2N. The van der Waals surface area contributed by atoms with Crippen molar-refractivity contribution in [2.45, 2.75) is 38.6 Å². The Hall–Kier alpha value is -1.90. The van der Waals surface area contributed by atoms with Crippen LogP contribution in [-0.4, -0.2) is 19.3 Å². The highest BCUT2D eigenvalue weighted by atomic mass is 19.1. The predicted octanol–water partition coefficient (Wildman–Crippen LogP) is 5.85. The van der Waals surface area contributed by atoms with Crippen molar-refractivity contribution in [1.29, 1.82) is 0 Å². The zero-order chi connectivity index (χ0) is 17.4. The molecule has 1 saturated heterocycles. The molecule has 3 heteroatoms. The van der Waals surface area contributed by atoms with E-state index in [1.807, 2.05) is 24.3 Å². The molecule has 130 valence electrons. The molecule has 2 unspecified atom stereocenters. The fourth-order valence-corrected chi connectivity index (χ4v) is 3.53. The van der Waals surface area contributed by atoms with E-state index in [9.17, 15) is 8.78 Å². The summed E-state index contributed by atoms with van der Waals surface area (Å²) in [5.74, 6) is 0.488. The molecule has 1 aromatic carbocycles. The van der Waals surface area contributed by atoms with E-state index in [4.69, 9.17) is 0 Å². The highest BCUT2D eigenvalue weighted by molar-refractivity contribution is 5.50. The standard InChI is InChI=1S/C21H27F2N/c1-3-7-17(9-6-15-22)8-5-10-18-16-24(21(18)4-2)20-13-11-19(23)12-14-20/h3,6-7,9,11-14,18,21H,1,4-5,8,10,15-16H2,2H3/b9-6-,17-7-. The van der Waals surface area contributed by atoms with Crippen LogP contribution < -0.4 is 4.90 Å². The van der Waals surface area contributed by atoms with E-state index >= 15 is 0 Å². The van der Waals surface area contributed by atoms with Gasteiger partial charge in [0.2, 0.25) is 0 Å². The van der Waals surface area contributed by atoms with Crippen LogP contribution in [0.25, 0.3) is 0 Å². The molecule has 1 aliphatic rings. The topological polar surface area (TPSA) is 3.24 Å². The summed E-state index contributed by atoms with van der Waals surface area (Å²) in [6, 6.07) is 7.31. The first-order valence-corrected chi connectivity index (χ1v) is 8.75. The van der Waals surface area contributed by atoms with Gasteiger partial charge in [0.15, 0.2) is 0 Å². The fourth-order valence-electron chi connectivity index (χ4n) is 3.53. The summed E-state index contributed by atoms with van der Waals surface area (Å²) in [7, 11) is 0. The van der Waals surface area contributed by atoms with Crippen LogP contribution in [0.3, 0.4) is 0 Å². The molecule has 0 bridgehead atoms. The summed E-state index contributed by atoms with van der Waals surface area (Å²) in [6.45, 7) is 6.53. The van der Waals surface area contributed by atoms with Gasteiger partial charge in [-0.25, -0.2) is 8.78 Å². The number of hydrogen-bond donors (Lipinski definition) is 0. The summed E-state index contributed by atoms with van der Waals surface area (Å²) in [4.78, 5) is 2.37. The lowest BCUT2D eigenvalue weighted by Crippen LogP contribution is -2.56. The Morgan fingerprint density at radius 1 is 1.33 bits per heavy atom. The van der Waals surface area contributed by atoms with Gasteiger partial charge in [-0.2, -0.15) is 0 Å². The number of nitrogens with zero attached hydrogens (tertiary/aromatic N) is 1. The largest absolute Gasteiger partial charge is 0.368 e. The lowest BCUT2D eigenvalue weighted by Gasteiger charge is -2.50. The van der Waals surface area contributed by atoms with E-state index in [0.29, 0.717) is 12.0 Å². The molecule has 0 amide bonds. The molecule has 1 aliphatic heterocycles. The van der Waals surface area contributed by atoms with Gasteiger partial charge >= 0.3 is 0 Å². The van der Waals surface area contributed by atoms with Crippen molar-refractivity contribution in [3.63, 3.8) is 0 Å². The molecular weight excluding hydrogens is 304 g/mol. The zero-order valence-corrected chi connectivity index (χ0v) is 14.4. The van der Waals surface area contributed by atoms with Crippen molar-refractivity contribution in [2.75, 3.05) is 18.1 Å². The molecule has 0 spiro atoms. The van der Waals surface area contributed by atoms with Gasteiger partial charge in [0.25, 0.3) is 0 Å². The first kappa shape index (κ1) is 18.4. The van der Waals surface area contributed by atoms with E-state index < -0.39 is 6.67 Å². The van der Waals surface area contributed by atoms with Crippen molar-refractivity contribution in [3.8, 4) is 0 Å². The van der Waals surface area contributed by atoms with Crippen LogP contribution >= 0.6 is 0 Å². The van der Waals surface area contributed by atoms with Gasteiger partial charge in [0.05, 0.1) is 0 Å². The molecule has 0 aromatic heterocycles. The first-order valence-electron chi connectivity index (χ1n) is 8.75. The lowest BCUT2D eigenvalue weighted by molar-refractivity contribution is 0.264. The quantitative estimate of drug-likeness (QED) is 0.513. The minimum atomic E-state index is -0.429. The third-order valence-corrected chi connectivity index (χ3v) is 4.75. The van der Waals surface area contributed by atoms with Gasteiger partial charge in [-0.15, -0.1) is 0 Å². The number of allylic oxidation sites excluding steroid dienone is 5. The molecule has 1 nitrogen and oxygen atoms in total. The van der Waals surface area contributed by atoms with E-state index in [-0.39, 0.29) is 5.82 Å².